The topological polar surface area (TPSA) is 77.8 Å². The summed E-state index contributed by atoms with van der Waals surface area (Å²) in [5.74, 6) is -1.49. The SMILES string of the molecule is CC(O)C(=O)N1CCCC1C(=O)O.c1ccc2c(c1)C2. The van der Waals surface area contributed by atoms with Gasteiger partial charge in [0.1, 0.15) is 12.1 Å². The number of carboxylic acid groups (broad SMARTS) is 1. The molecule has 0 bridgehead atoms. The molecule has 1 aromatic carbocycles. The molecule has 2 aliphatic rings. The zero-order valence-electron chi connectivity index (χ0n) is 11.5. The number of aliphatic hydroxyl groups excluding tert-OH is 1. The number of rotatable bonds is 2. The van der Waals surface area contributed by atoms with Crippen LogP contribution in [-0.4, -0.2) is 45.7 Å². The molecular formula is C15H19NO4. The molecular weight excluding hydrogens is 258 g/mol. The summed E-state index contributed by atoms with van der Waals surface area (Å²) in [5, 5.41) is 17.7. The predicted octanol–water partition coefficient (Wildman–Crippen LogP) is 1.03. The van der Waals surface area contributed by atoms with Gasteiger partial charge in [0.25, 0.3) is 5.91 Å². The summed E-state index contributed by atoms with van der Waals surface area (Å²) in [4.78, 5) is 23.2. The van der Waals surface area contributed by atoms with Crippen LogP contribution < -0.4 is 0 Å². The number of carbonyl (C=O) groups excluding carboxylic acids is 1. The molecule has 1 fully saturated rings. The monoisotopic (exact) mass is 277 g/mol. The van der Waals surface area contributed by atoms with Crippen molar-refractivity contribution in [1.29, 1.82) is 0 Å². The molecule has 0 saturated carbocycles. The standard InChI is InChI=1S/C8H13NO4.C7H6/c1-5(10)7(11)9-4-2-3-6(9)8(12)13;1-2-4-7-5-6(7)3-1/h5-6,10H,2-4H2,1H3,(H,12,13);1-4H,5H2. The Hall–Kier alpha value is -1.88. The lowest BCUT2D eigenvalue weighted by Crippen LogP contribution is -2.44. The van der Waals surface area contributed by atoms with Gasteiger partial charge in [-0.1, -0.05) is 24.3 Å². The molecule has 20 heavy (non-hydrogen) atoms. The first-order valence-electron chi connectivity index (χ1n) is 6.79. The third-order valence-electron chi connectivity index (χ3n) is 3.55. The minimum atomic E-state index is -1.11. The first-order chi connectivity index (χ1) is 9.50. The smallest absolute Gasteiger partial charge is 0.326 e. The summed E-state index contributed by atoms with van der Waals surface area (Å²) in [6, 6.07) is 7.78. The first kappa shape index (κ1) is 14.5. The lowest BCUT2D eigenvalue weighted by Gasteiger charge is -2.22. The molecule has 108 valence electrons. The van der Waals surface area contributed by atoms with Crippen LogP contribution in [0.15, 0.2) is 24.3 Å². The minimum Gasteiger partial charge on any atom is -0.480 e. The van der Waals surface area contributed by atoms with Crippen molar-refractivity contribution in [2.24, 2.45) is 0 Å². The van der Waals surface area contributed by atoms with Gasteiger partial charge in [-0.3, -0.25) is 4.79 Å². The van der Waals surface area contributed by atoms with Crippen molar-refractivity contribution in [3.8, 4) is 0 Å². The summed E-state index contributed by atoms with van der Waals surface area (Å²) < 4.78 is 0. The van der Waals surface area contributed by atoms with E-state index in [1.807, 2.05) is 0 Å². The van der Waals surface area contributed by atoms with Gasteiger partial charge < -0.3 is 15.1 Å². The Bertz CT molecular complexity index is 491. The fraction of sp³-hybridized carbons (Fsp3) is 0.467. The van der Waals surface area contributed by atoms with Crippen LogP contribution in [-0.2, 0) is 16.0 Å². The maximum atomic E-state index is 11.3. The van der Waals surface area contributed by atoms with E-state index >= 15 is 0 Å². The van der Waals surface area contributed by atoms with Crippen LogP contribution in [0.5, 0.6) is 0 Å². The van der Waals surface area contributed by atoms with Crippen molar-refractivity contribution in [2.75, 3.05) is 6.54 Å². The van der Waals surface area contributed by atoms with E-state index in [1.54, 1.807) is 0 Å². The maximum Gasteiger partial charge on any atom is 0.326 e. The molecule has 3 rings (SSSR count). The molecule has 0 spiro atoms. The second kappa shape index (κ2) is 6.05. The molecule has 1 saturated heterocycles. The van der Waals surface area contributed by atoms with Crippen molar-refractivity contribution in [3.05, 3.63) is 35.4 Å². The third kappa shape index (κ3) is 3.36. The van der Waals surface area contributed by atoms with E-state index in [1.165, 1.54) is 29.4 Å². The lowest BCUT2D eigenvalue weighted by molar-refractivity contribution is -0.151. The lowest BCUT2D eigenvalue weighted by atomic mass is 10.2. The van der Waals surface area contributed by atoms with Gasteiger partial charge in [0, 0.05) is 6.54 Å². The van der Waals surface area contributed by atoms with E-state index in [2.05, 4.69) is 24.3 Å². The number of benzene rings is 1. The Kier molecular flexibility index (Phi) is 4.39. The van der Waals surface area contributed by atoms with Crippen LogP contribution in [0.1, 0.15) is 30.9 Å². The van der Waals surface area contributed by atoms with E-state index in [9.17, 15) is 9.59 Å². The van der Waals surface area contributed by atoms with Gasteiger partial charge in [-0.25, -0.2) is 4.79 Å². The molecule has 1 amide bonds. The number of hydrogen-bond donors (Lipinski definition) is 2. The summed E-state index contributed by atoms with van der Waals surface area (Å²) in [7, 11) is 0. The Labute approximate surface area is 117 Å². The van der Waals surface area contributed by atoms with Gasteiger partial charge in [0.2, 0.25) is 0 Å². The van der Waals surface area contributed by atoms with Crippen LogP contribution in [0, 0.1) is 0 Å². The molecule has 2 atom stereocenters. The van der Waals surface area contributed by atoms with E-state index in [4.69, 9.17) is 10.2 Å². The Balaban J connectivity index is 0.000000173. The number of amides is 1. The normalized spacial score (nSPS) is 20.5. The predicted molar refractivity (Wildman–Crippen MR) is 73.3 cm³/mol. The Morgan fingerprint density at radius 2 is 1.90 bits per heavy atom. The fourth-order valence-corrected chi connectivity index (χ4v) is 2.36. The van der Waals surface area contributed by atoms with Crippen LogP contribution in [0.4, 0.5) is 0 Å². The molecule has 0 radical (unpaired) electrons. The van der Waals surface area contributed by atoms with Crippen molar-refractivity contribution in [3.63, 3.8) is 0 Å². The second-order valence-corrected chi connectivity index (χ2v) is 5.15. The number of hydrogen-bond acceptors (Lipinski definition) is 3. The van der Waals surface area contributed by atoms with Gasteiger partial charge >= 0.3 is 5.97 Å². The molecule has 1 aliphatic carbocycles. The van der Waals surface area contributed by atoms with Gasteiger partial charge in [0.15, 0.2) is 0 Å². The second-order valence-electron chi connectivity index (χ2n) is 5.15. The summed E-state index contributed by atoms with van der Waals surface area (Å²) in [5.41, 5.74) is 3.06. The summed E-state index contributed by atoms with van der Waals surface area (Å²) in [6.45, 7) is 1.78. The molecule has 5 heteroatoms. The number of likely N-dealkylation sites (tertiary alicyclic amines) is 1. The number of carboxylic acids is 1. The summed E-state index contributed by atoms with van der Waals surface area (Å²) in [6.07, 6.45) is 1.30. The van der Waals surface area contributed by atoms with Crippen molar-refractivity contribution in [2.45, 2.75) is 38.3 Å². The highest BCUT2D eigenvalue weighted by molar-refractivity contribution is 5.86. The van der Waals surface area contributed by atoms with Crippen LogP contribution in [0.3, 0.4) is 0 Å². The van der Waals surface area contributed by atoms with Crippen LogP contribution in [0.2, 0.25) is 0 Å². The van der Waals surface area contributed by atoms with E-state index in [-0.39, 0.29) is 0 Å². The zero-order valence-corrected chi connectivity index (χ0v) is 11.5. The average Bonchev–Trinajstić information content (AvgIpc) is 3.04. The van der Waals surface area contributed by atoms with Gasteiger partial charge in [0.05, 0.1) is 0 Å². The van der Waals surface area contributed by atoms with Gasteiger partial charge in [-0.15, -0.1) is 0 Å². The van der Waals surface area contributed by atoms with E-state index < -0.39 is 24.0 Å². The van der Waals surface area contributed by atoms with Crippen molar-refractivity contribution in [1.82, 2.24) is 4.90 Å². The molecule has 0 aromatic heterocycles. The van der Waals surface area contributed by atoms with Gasteiger partial charge in [-0.05, 0) is 37.3 Å². The number of aliphatic hydroxyl groups is 1. The van der Waals surface area contributed by atoms with E-state index in [0.717, 1.165) is 0 Å². The molecule has 5 nitrogen and oxygen atoms in total. The summed E-state index contributed by atoms with van der Waals surface area (Å²) >= 11 is 0. The highest BCUT2D eigenvalue weighted by Gasteiger charge is 2.35. The zero-order chi connectivity index (χ0) is 14.7. The third-order valence-corrected chi connectivity index (χ3v) is 3.55. The number of fused-ring (bicyclic) bond motifs is 1. The Morgan fingerprint density at radius 3 is 2.35 bits per heavy atom. The fourth-order valence-electron chi connectivity index (χ4n) is 2.36. The van der Waals surface area contributed by atoms with Gasteiger partial charge in [-0.2, -0.15) is 0 Å². The average molecular weight is 277 g/mol. The van der Waals surface area contributed by atoms with E-state index in [0.29, 0.717) is 19.4 Å². The molecule has 1 aromatic rings. The Morgan fingerprint density at radius 1 is 1.30 bits per heavy atom. The number of nitrogens with zero attached hydrogens (tertiary/aromatic N) is 1. The maximum absolute atomic E-state index is 11.3. The van der Waals surface area contributed by atoms with Crippen molar-refractivity contribution >= 4 is 11.9 Å². The van der Waals surface area contributed by atoms with Crippen molar-refractivity contribution < 1.29 is 19.8 Å². The quantitative estimate of drug-likeness (QED) is 0.859. The first-order valence-corrected chi connectivity index (χ1v) is 6.79. The molecule has 2 unspecified atom stereocenters. The molecule has 1 aliphatic heterocycles. The molecule has 2 N–H and O–H groups in total. The minimum absolute atomic E-state index is 0.431. The molecule has 1 heterocycles. The highest BCUT2D eigenvalue weighted by Crippen LogP contribution is 2.25. The van der Waals surface area contributed by atoms with Crippen LogP contribution >= 0.6 is 0 Å². The largest absolute Gasteiger partial charge is 0.480 e. The highest BCUT2D eigenvalue weighted by atomic mass is 16.4. The van der Waals surface area contributed by atoms with Crippen LogP contribution in [0.25, 0.3) is 0 Å². The number of carbonyl (C=O) groups is 2. The number of aliphatic carboxylic acids is 1.